The standard InChI is InChI=1S/C22H29F3O3/c1-11(2)12(3)17(8)27-18-13(4)15(6)19(16(7)14(18)5)28-20(26)21(9,10)22(23,24)25/h8H2,1-7,9-10H3. The molecular formula is C22H29F3O3. The summed E-state index contributed by atoms with van der Waals surface area (Å²) in [5, 5.41) is 0. The van der Waals surface area contributed by atoms with Gasteiger partial charge in [-0.3, -0.25) is 4.79 Å². The number of halogens is 3. The van der Waals surface area contributed by atoms with E-state index in [0.29, 0.717) is 33.8 Å². The van der Waals surface area contributed by atoms with Crippen LogP contribution < -0.4 is 9.47 Å². The molecule has 0 amide bonds. The monoisotopic (exact) mass is 398 g/mol. The molecule has 0 saturated carbocycles. The molecule has 0 bridgehead atoms. The van der Waals surface area contributed by atoms with Crippen LogP contribution in [0.3, 0.4) is 0 Å². The lowest BCUT2D eigenvalue weighted by atomic mass is 9.92. The van der Waals surface area contributed by atoms with Gasteiger partial charge in [-0.2, -0.15) is 13.2 Å². The lowest BCUT2D eigenvalue weighted by Crippen LogP contribution is -2.42. The van der Waals surface area contributed by atoms with Crippen LogP contribution >= 0.6 is 0 Å². The zero-order chi connectivity index (χ0) is 22.2. The molecule has 0 spiro atoms. The zero-order valence-corrected chi connectivity index (χ0v) is 18.1. The lowest BCUT2D eigenvalue weighted by Gasteiger charge is -2.27. The Morgan fingerprint density at radius 1 is 0.821 bits per heavy atom. The second kappa shape index (κ2) is 8.02. The number of esters is 1. The quantitative estimate of drug-likeness (QED) is 0.241. The molecule has 0 heterocycles. The maximum Gasteiger partial charge on any atom is 0.404 e. The van der Waals surface area contributed by atoms with Crippen molar-refractivity contribution in [1.29, 1.82) is 0 Å². The molecule has 0 unspecified atom stereocenters. The van der Waals surface area contributed by atoms with Crippen molar-refractivity contribution in [3.63, 3.8) is 0 Å². The van der Waals surface area contributed by atoms with Crippen LogP contribution in [-0.2, 0) is 4.79 Å². The summed E-state index contributed by atoms with van der Waals surface area (Å²) in [5.74, 6) is -0.152. The summed E-state index contributed by atoms with van der Waals surface area (Å²) in [5.41, 5.74) is 1.82. The second-order valence-electron chi connectivity index (χ2n) is 7.82. The van der Waals surface area contributed by atoms with E-state index in [1.807, 2.05) is 20.8 Å². The van der Waals surface area contributed by atoms with Crippen LogP contribution in [0.5, 0.6) is 11.5 Å². The number of benzene rings is 1. The number of allylic oxidation sites excluding steroid dienone is 2. The molecule has 0 saturated heterocycles. The van der Waals surface area contributed by atoms with Crippen molar-refractivity contribution in [2.45, 2.75) is 68.5 Å². The Morgan fingerprint density at radius 2 is 1.18 bits per heavy atom. The third kappa shape index (κ3) is 4.42. The summed E-state index contributed by atoms with van der Waals surface area (Å²) in [4.78, 5) is 12.2. The largest absolute Gasteiger partial charge is 0.457 e. The predicted molar refractivity (Wildman–Crippen MR) is 105 cm³/mol. The summed E-state index contributed by atoms with van der Waals surface area (Å²) in [6, 6.07) is 0. The smallest absolute Gasteiger partial charge is 0.404 e. The van der Waals surface area contributed by atoms with E-state index in [1.54, 1.807) is 27.7 Å². The van der Waals surface area contributed by atoms with Crippen LogP contribution in [0, 0.1) is 33.1 Å². The molecule has 0 fully saturated rings. The third-order valence-electron chi connectivity index (χ3n) is 5.29. The van der Waals surface area contributed by atoms with Gasteiger partial charge in [0, 0.05) is 0 Å². The van der Waals surface area contributed by atoms with Gasteiger partial charge in [-0.25, -0.2) is 0 Å². The Labute approximate surface area is 165 Å². The maximum absolute atomic E-state index is 13.2. The molecule has 0 atom stereocenters. The Morgan fingerprint density at radius 3 is 1.50 bits per heavy atom. The van der Waals surface area contributed by atoms with Crippen LogP contribution in [0.25, 0.3) is 0 Å². The number of hydrogen-bond acceptors (Lipinski definition) is 3. The SMILES string of the molecule is C=C(Oc1c(C)c(C)c(OC(=O)C(C)(C)C(F)(F)F)c(C)c1C)C(C)=C(C)C. The third-order valence-corrected chi connectivity index (χ3v) is 5.29. The van der Waals surface area contributed by atoms with Gasteiger partial charge >= 0.3 is 12.1 Å². The highest BCUT2D eigenvalue weighted by atomic mass is 19.4. The first kappa shape index (κ1) is 23.8. The van der Waals surface area contributed by atoms with Gasteiger partial charge in [-0.1, -0.05) is 12.2 Å². The molecule has 156 valence electrons. The highest BCUT2D eigenvalue weighted by Gasteiger charge is 2.54. The molecule has 0 aliphatic rings. The van der Waals surface area contributed by atoms with Gasteiger partial charge in [0.15, 0.2) is 5.41 Å². The van der Waals surface area contributed by atoms with Gasteiger partial charge in [-0.15, -0.1) is 0 Å². The average molecular weight is 398 g/mol. The fourth-order valence-electron chi connectivity index (χ4n) is 2.36. The Kier molecular flexibility index (Phi) is 6.81. The number of rotatable bonds is 5. The van der Waals surface area contributed by atoms with Crippen molar-refractivity contribution in [2.24, 2.45) is 5.41 Å². The molecule has 0 aliphatic carbocycles. The van der Waals surface area contributed by atoms with E-state index in [-0.39, 0.29) is 5.75 Å². The normalized spacial score (nSPS) is 11.9. The van der Waals surface area contributed by atoms with Gasteiger partial charge in [0.1, 0.15) is 17.3 Å². The molecule has 0 aromatic heterocycles. The summed E-state index contributed by atoms with van der Waals surface area (Å²) in [7, 11) is 0. The van der Waals surface area contributed by atoms with Gasteiger partial charge in [-0.05, 0) is 90.1 Å². The van der Waals surface area contributed by atoms with Crippen LogP contribution in [0.2, 0.25) is 0 Å². The molecule has 0 aliphatic heterocycles. The van der Waals surface area contributed by atoms with Crippen molar-refractivity contribution < 1.29 is 27.4 Å². The van der Waals surface area contributed by atoms with Gasteiger partial charge in [0.25, 0.3) is 0 Å². The molecule has 1 aromatic carbocycles. The summed E-state index contributed by atoms with van der Waals surface area (Å²) in [6.07, 6.45) is -4.71. The Hall–Kier alpha value is -2.24. The second-order valence-corrected chi connectivity index (χ2v) is 7.82. The molecule has 1 aromatic rings. The summed E-state index contributed by atoms with van der Waals surface area (Å²) in [6.45, 7) is 18.3. The maximum atomic E-state index is 13.2. The van der Waals surface area contributed by atoms with E-state index in [1.165, 1.54) is 0 Å². The Balaban J connectivity index is 3.40. The van der Waals surface area contributed by atoms with Crippen molar-refractivity contribution in [3.05, 3.63) is 45.7 Å². The number of ether oxygens (including phenoxy) is 2. The van der Waals surface area contributed by atoms with Gasteiger partial charge in [0.05, 0.1) is 0 Å². The molecule has 0 radical (unpaired) electrons. The first-order valence-corrected chi connectivity index (χ1v) is 8.94. The molecular weight excluding hydrogens is 369 g/mol. The first-order valence-electron chi connectivity index (χ1n) is 8.94. The molecule has 0 N–H and O–H groups in total. The molecule has 28 heavy (non-hydrogen) atoms. The lowest BCUT2D eigenvalue weighted by molar-refractivity contribution is -0.219. The molecule has 3 nitrogen and oxygen atoms in total. The van der Waals surface area contributed by atoms with E-state index < -0.39 is 17.6 Å². The molecule has 1 rings (SSSR count). The first-order chi connectivity index (χ1) is 12.5. The minimum Gasteiger partial charge on any atom is -0.457 e. The van der Waals surface area contributed by atoms with Crippen LogP contribution in [0.4, 0.5) is 13.2 Å². The number of alkyl halides is 3. The van der Waals surface area contributed by atoms with Crippen LogP contribution in [-0.4, -0.2) is 12.1 Å². The minimum absolute atomic E-state index is 0.134. The average Bonchev–Trinajstić information content (AvgIpc) is 2.58. The van der Waals surface area contributed by atoms with E-state index in [2.05, 4.69) is 6.58 Å². The Bertz CT molecular complexity index is 811. The fourth-order valence-corrected chi connectivity index (χ4v) is 2.36. The zero-order valence-electron chi connectivity index (χ0n) is 18.1. The van der Waals surface area contributed by atoms with Crippen molar-refractivity contribution >= 4 is 5.97 Å². The summed E-state index contributed by atoms with van der Waals surface area (Å²) < 4.78 is 50.7. The van der Waals surface area contributed by atoms with Gasteiger partial charge in [0.2, 0.25) is 0 Å². The van der Waals surface area contributed by atoms with Crippen LogP contribution in [0.1, 0.15) is 56.9 Å². The summed E-state index contributed by atoms with van der Waals surface area (Å²) >= 11 is 0. The molecule has 6 heteroatoms. The van der Waals surface area contributed by atoms with Crippen LogP contribution in [0.15, 0.2) is 23.5 Å². The number of carbonyl (C=O) groups is 1. The predicted octanol–water partition coefficient (Wildman–Crippen LogP) is 6.66. The van der Waals surface area contributed by atoms with E-state index in [4.69, 9.17) is 9.47 Å². The topological polar surface area (TPSA) is 35.5 Å². The van der Waals surface area contributed by atoms with Crippen molar-refractivity contribution in [1.82, 2.24) is 0 Å². The number of carbonyl (C=O) groups excluding carboxylic acids is 1. The fraction of sp³-hybridized carbons (Fsp3) is 0.500. The van der Waals surface area contributed by atoms with E-state index in [0.717, 1.165) is 25.0 Å². The minimum atomic E-state index is -4.71. The van der Waals surface area contributed by atoms with Gasteiger partial charge < -0.3 is 9.47 Å². The highest BCUT2D eigenvalue weighted by Crippen LogP contribution is 2.42. The van der Waals surface area contributed by atoms with E-state index >= 15 is 0 Å². The van der Waals surface area contributed by atoms with Crippen molar-refractivity contribution in [3.8, 4) is 11.5 Å². The van der Waals surface area contributed by atoms with Crippen molar-refractivity contribution in [2.75, 3.05) is 0 Å². The van der Waals surface area contributed by atoms with E-state index in [9.17, 15) is 18.0 Å². The number of hydrogen-bond donors (Lipinski definition) is 0. The highest BCUT2D eigenvalue weighted by molar-refractivity contribution is 5.80.